The first-order valence-corrected chi connectivity index (χ1v) is 7.24. The monoisotopic (exact) mass is 273 g/mol. The molecule has 2 N–H and O–H groups in total. The highest BCUT2D eigenvalue weighted by molar-refractivity contribution is 7.14. The van der Waals surface area contributed by atoms with E-state index in [1.165, 1.54) is 0 Å². The topological polar surface area (TPSA) is 37.0 Å². The average Bonchev–Trinajstić information content (AvgIpc) is 2.85. The summed E-state index contributed by atoms with van der Waals surface area (Å²) in [7, 11) is 0. The number of benzene rings is 1. The van der Waals surface area contributed by atoms with Crippen molar-refractivity contribution in [1.29, 1.82) is 0 Å². The number of nitrogens with one attached hydrogen (secondary N) is 2. The average molecular weight is 273 g/mol. The summed E-state index contributed by atoms with van der Waals surface area (Å²) in [6, 6.07) is 10.2. The van der Waals surface area contributed by atoms with Crippen molar-refractivity contribution >= 4 is 16.5 Å². The predicted molar refractivity (Wildman–Crippen MR) is 82.9 cm³/mol. The second-order valence-electron chi connectivity index (χ2n) is 4.75. The van der Waals surface area contributed by atoms with E-state index in [2.05, 4.69) is 53.3 Å². The van der Waals surface area contributed by atoms with Crippen LogP contribution in [0.1, 0.15) is 20.8 Å². The number of anilines is 1. The number of hydrazine groups is 1. The van der Waals surface area contributed by atoms with Crippen molar-refractivity contribution in [3.8, 4) is 11.3 Å². The summed E-state index contributed by atoms with van der Waals surface area (Å²) in [4.78, 5) is 4.55. The first-order chi connectivity index (χ1) is 9.15. The Morgan fingerprint density at radius 2 is 2.00 bits per heavy atom. The van der Waals surface area contributed by atoms with Crippen molar-refractivity contribution < 1.29 is 0 Å². The quantitative estimate of drug-likeness (QED) is 0.798. The summed E-state index contributed by atoms with van der Waals surface area (Å²) in [5, 5.41) is 2.93. The third-order valence-electron chi connectivity index (χ3n) is 2.52. The molecule has 100 valence electrons. The zero-order chi connectivity index (χ0) is 13.7. The van der Waals surface area contributed by atoms with E-state index in [0.29, 0.717) is 5.92 Å². The molecule has 19 heavy (non-hydrogen) atoms. The second-order valence-corrected chi connectivity index (χ2v) is 5.61. The third kappa shape index (κ3) is 4.10. The lowest BCUT2D eigenvalue weighted by Gasteiger charge is -2.08. The summed E-state index contributed by atoms with van der Waals surface area (Å²) in [5.74, 6) is 0.533. The molecule has 0 unspecified atom stereocenters. The minimum atomic E-state index is 0.533. The summed E-state index contributed by atoms with van der Waals surface area (Å²) in [6.07, 6.45) is 2.17. The van der Waals surface area contributed by atoms with Crippen molar-refractivity contribution in [3.05, 3.63) is 47.5 Å². The first kappa shape index (κ1) is 13.6. The molecule has 0 saturated heterocycles. The van der Waals surface area contributed by atoms with Gasteiger partial charge in [0.25, 0.3) is 0 Å². The zero-order valence-corrected chi connectivity index (χ0v) is 12.3. The summed E-state index contributed by atoms with van der Waals surface area (Å²) in [6.45, 7) is 6.35. The molecule has 3 nitrogen and oxygen atoms in total. The SMILES string of the molecule is CC(=CC(C)C)NNc1nc(-c2ccccc2)cs1. The molecule has 0 bridgehead atoms. The number of rotatable bonds is 5. The van der Waals surface area contributed by atoms with Crippen LogP contribution in [0.5, 0.6) is 0 Å². The number of hydrogen-bond acceptors (Lipinski definition) is 4. The first-order valence-electron chi connectivity index (χ1n) is 6.36. The van der Waals surface area contributed by atoms with Crippen LogP contribution < -0.4 is 10.9 Å². The molecule has 0 fully saturated rings. The molecule has 1 aromatic carbocycles. The number of nitrogens with zero attached hydrogens (tertiary/aromatic N) is 1. The van der Waals surface area contributed by atoms with Gasteiger partial charge in [-0.25, -0.2) is 4.98 Å². The number of aromatic nitrogens is 1. The van der Waals surface area contributed by atoms with Gasteiger partial charge in [-0.05, 0) is 12.8 Å². The molecule has 0 aliphatic carbocycles. The molecule has 0 radical (unpaired) electrons. The largest absolute Gasteiger partial charge is 0.304 e. The fourth-order valence-electron chi connectivity index (χ4n) is 1.77. The van der Waals surface area contributed by atoms with Crippen LogP contribution in [0.4, 0.5) is 5.13 Å². The second kappa shape index (κ2) is 6.38. The maximum absolute atomic E-state index is 4.55. The lowest BCUT2D eigenvalue weighted by atomic mass is 10.2. The number of hydrogen-bond donors (Lipinski definition) is 2. The van der Waals surface area contributed by atoms with E-state index in [1.54, 1.807) is 11.3 Å². The van der Waals surface area contributed by atoms with Gasteiger partial charge in [-0.2, -0.15) is 0 Å². The minimum absolute atomic E-state index is 0.533. The van der Waals surface area contributed by atoms with Gasteiger partial charge in [-0.1, -0.05) is 50.3 Å². The van der Waals surface area contributed by atoms with Gasteiger partial charge in [0.15, 0.2) is 0 Å². The Labute approximate surface area is 118 Å². The highest BCUT2D eigenvalue weighted by Gasteiger charge is 2.03. The maximum atomic E-state index is 4.55. The van der Waals surface area contributed by atoms with E-state index in [-0.39, 0.29) is 0 Å². The lowest BCUT2D eigenvalue weighted by molar-refractivity contribution is 0.799. The fraction of sp³-hybridized carbons (Fsp3) is 0.267. The Balaban J connectivity index is 1.99. The Kier molecular flexibility index (Phi) is 4.58. The standard InChI is InChI=1S/C15H19N3S/c1-11(2)9-12(3)17-18-15-16-14(10-19-15)13-7-5-4-6-8-13/h4-11,17H,1-3H3,(H,16,18). The molecule has 0 spiro atoms. The molecular formula is C15H19N3S. The third-order valence-corrected chi connectivity index (χ3v) is 3.28. The summed E-state index contributed by atoms with van der Waals surface area (Å²) in [5.41, 5.74) is 9.53. The lowest BCUT2D eigenvalue weighted by Crippen LogP contribution is -2.19. The van der Waals surface area contributed by atoms with Gasteiger partial charge >= 0.3 is 0 Å². The summed E-state index contributed by atoms with van der Waals surface area (Å²) < 4.78 is 0. The predicted octanol–water partition coefficient (Wildman–Crippen LogP) is 4.29. The van der Waals surface area contributed by atoms with Crippen molar-refractivity contribution in [2.45, 2.75) is 20.8 Å². The van der Waals surface area contributed by atoms with Crippen LogP contribution in [0, 0.1) is 5.92 Å². The van der Waals surface area contributed by atoms with E-state index < -0.39 is 0 Å². The number of allylic oxidation sites excluding steroid dienone is 2. The molecule has 0 saturated carbocycles. The van der Waals surface area contributed by atoms with Crippen LogP contribution in [0.3, 0.4) is 0 Å². The molecule has 2 aromatic rings. The molecular weight excluding hydrogens is 254 g/mol. The fourth-order valence-corrected chi connectivity index (χ4v) is 2.44. The molecule has 0 aliphatic rings. The van der Waals surface area contributed by atoms with Gasteiger partial charge in [-0.15, -0.1) is 11.3 Å². The Hall–Kier alpha value is -1.81. The molecule has 4 heteroatoms. The summed E-state index contributed by atoms with van der Waals surface area (Å²) >= 11 is 1.59. The zero-order valence-electron chi connectivity index (χ0n) is 11.5. The highest BCUT2D eigenvalue weighted by Crippen LogP contribution is 2.24. The van der Waals surface area contributed by atoms with Gasteiger partial charge < -0.3 is 5.43 Å². The van der Waals surface area contributed by atoms with E-state index in [1.807, 2.05) is 25.1 Å². The van der Waals surface area contributed by atoms with Gasteiger partial charge in [0.05, 0.1) is 5.69 Å². The van der Waals surface area contributed by atoms with Crippen LogP contribution in [0.15, 0.2) is 47.5 Å². The molecule has 0 amide bonds. The van der Waals surface area contributed by atoms with Crippen LogP contribution in [-0.4, -0.2) is 4.98 Å². The van der Waals surface area contributed by atoms with Crippen molar-refractivity contribution in [2.24, 2.45) is 5.92 Å². The number of thiazole rings is 1. The normalized spacial score (nSPS) is 11.7. The van der Waals surface area contributed by atoms with Gasteiger partial charge in [0.2, 0.25) is 5.13 Å². The molecule has 0 atom stereocenters. The van der Waals surface area contributed by atoms with Crippen LogP contribution >= 0.6 is 11.3 Å². The minimum Gasteiger partial charge on any atom is -0.304 e. The van der Waals surface area contributed by atoms with Gasteiger partial charge in [0, 0.05) is 16.6 Å². The van der Waals surface area contributed by atoms with Crippen molar-refractivity contribution in [1.82, 2.24) is 10.4 Å². The van der Waals surface area contributed by atoms with E-state index >= 15 is 0 Å². The van der Waals surface area contributed by atoms with Gasteiger partial charge in [-0.3, -0.25) is 5.43 Å². The molecule has 1 heterocycles. The van der Waals surface area contributed by atoms with Crippen molar-refractivity contribution in [2.75, 3.05) is 5.43 Å². The van der Waals surface area contributed by atoms with E-state index in [9.17, 15) is 0 Å². The molecule has 1 aromatic heterocycles. The molecule has 2 rings (SSSR count). The Morgan fingerprint density at radius 3 is 2.68 bits per heavy atom. The van der Waals surface area contributed by atoms with Crippen LogP contribution in [0.2, 0.25) is 0 Å². The van der Waals surface area contributed by atoms with Crippen LogP contribution in [-0.2, 0) is 0 Å². The smallest absolute Gasteiger partial charge is 0.202 e. The molecule has 0 aliphatic heterocycles. The van der Waals surface area contributed by atoms with Gasteiger partial charge in [0.1, 0.15) is 0 Å². The van der Waals surface area contributed by atoms with Crippen LogP contribution in [0.25, 0.3) is 11.3 Å². The van der Waals surface area contributed by atoms with E-state index in [4.69, 9.17) is 0 Å². The Bertz CT molecular complexity index is 544. The van der Waals surface area contributed by atoms with E-state index in [0.717, 1.165) is 22.1 Å². The van der Waals surface area contributed by atoms with Crippen molar-refractivity contribution in [3.63, 3.8) is 0 Å². The Morgan fingerprint density at radius 1 is 1.26 bits per heavy atom. The highest BCUT2D eigenvalue weighted by atomic mass is 32.1. The maximum Gasteiger partial charge on any atom is 0.202 e.